The molecule has 0 N–H and O–H groups in total. The Morgan fingerprint density at radius 3 is 2.68 bits per heavy atom. The van der Waals surface area contributed by atoms with Gasteiger partial charge in [-0.3, -0.25) is 0 Å². The molecule has 0 saturated heterocycles. The highest BCUT2D eigenvalue weighted by molar-refractivity contribution is 5.48. The molecular weight excluding hydrogens is 319 g/mol. The molecule has 2 aromatic carbocycles. The van der Waals surface area contributed by atoms with Gasteiger partial charge >= 0.3 is 6.07 Å². The van der Waals surface area contributed by atoms with Crippen molar-refractivity contribution < 1.29 is 9.13 Å². The van der Waals surface area contributed by atoms with Crippen LogP contribution in [0.15, 0.2) is 42.5 Å². The van der Waals surface area contributed by atoms with Gasteiger partial charge in [-0.15, -0.1) is 0 Å². The van der Waals surface area contributed by atoms with Gasteiger partial charge in [0.05, 0.1) is 6.61 Å². The number of hydrogen-bond donors (Lipinski definition) is 0. The Hall–Kier alpha value is -2.42. The molecular formula is C20H21FN2O2. The van der Waals surface area contributed by atoms with E-state index in [4.69, 9.17) is 4.74 Å². The Morgan fingerprint density at radius 1 is 1.24 bits per heavy atom. The highest BCUT2D eigenvalue weighted by Gasteiger charge is 2.41. The van der Waals surface area contributed by atoms with E-state index in [-0.39, 0.29) is 5.82 Å². The van der Waals surface area contributed by atoms with Crippen molar-refractivity contribution in [2.75, 3.05) is 20.6 Å². The van der Waals surface area contributed by atoms with Crippen LogP contribution in [0.2, 0.25) is 0 Å². The van der Waals surface area contributed by atoms with Gasteiger partial charge in [-0.25, -0.2) is 4.39 Å². The zero-order valence-electron chi connectivity index (χ0n) is 14.5. The van der Waals surface area contributed by atoms with Gasteiger partial charge in [-0.2, -0.15) is 0 Å². The Kier molecular flexibility index (Phi) is 5.03. The molecule has 1 atom stereocenters. The van der Waals surface area contributed by atoms with Crippen LogP contribution in [-0.2, 0) is 16.9 Å². The molecule has 130 valence electrons. The van der Waals surface area contributed by atoms with Crippen LogP contribution in [0.4, 0.5) is 4.39 Å². The summed E-state index contributed by atoms with van der Waals surface area (Å²) in [5.41, 5.74) is 3.07. The lowest BCUT2D eigenvalue weighted by atomic mass is 9.81. The summed E-state index contributed by atoms with van der Waals surface area (Å²) >= 11 is 0. The van der Waals surface area contributed by atoms with Gasteiger partial charge in [0.15, 0.2) is 0 Å². The number of nitrogens with zero attached hydrogens (tertiary/aromatic N) is 2. The second-order valence-corrected chi connectivity index (χ2v) is 6.60. The molecule has 1 aliphatic rings. The Morgan fingerprint density at radius 2 is 2.00 bits per heavy atom. The lowest BCUT2D eigenvalue weighted by Gasteiger charge is -2.31. The fraction of sp³-hybridized carbons (Fsp3) is 0.350. The van der Waals surface area contributed by atoms with Crippen LogP contribution < -0.4 is 0 Å². The minimum absolute atomic E-state index is 0.262. The fourth-order valence-corrected chi connectivity index (χ4v) is 3.46. The van der Waals surface area contributed by atoms with Crippen molar-refractivity contribution in [3.05, 3.63) is 80.8 Å². The number of fused-ring (bicyclic) bond motifs is 1. The van der Waals surface area contributed by atoms with Crippen molar-refractivity contribution in [2.24, 2.45) is 0 Å². The van der Waals surface area contributed by atoms with Crippen molar-refractivity contribution in [3.8, 4) is 6.07 Å². The molecule has 5 heteroatoms. The summed E-state index contributed by atoms with van der Waals surface area (Å²) in [6, 6.07) is 14.6. The van der Waals surface area contributed by atoms with E-state index < -0.39 is 5.60 Å². The van der Waals surface area contributed by atoms with Crippen LogP contribution in [-0.4, -0.2) is 25.5 Å². The maximum Gasteiger partial charge on any atom is 0.336 e. The van der Waals surface area contributed by atoms with Gasteiger partial charge in [0, 0.05) is 5.01 Å². The van der Waals surface area contributed by atoms with E-state index in [0.717, 1.165) is 36.1 Å². The van der Waals surface area contributed by atoms with Crippen molar-refractivity contribution in [3.63, 3.8) is 0 Å². The van der Waals surface area contributed by atoms with Gasteiger partial charge in [-0.05, 0) is 74.4 Å². The zero-order valence-corrected chi connectivity index (χ0v) is 14.5. The van der Waals surface area contributed by atoms with Crippen molar-refractivity contribution >= 4 is 0 Å². The van der Waals surface area contributed by atoms with Gasteiger partial charge in [-0.1, -0.05) is 18.2 Å². The smallest absolute Gasteiger partial charge is 0.336 e. The molecule has 0 bridgehead atoms. The van der Waals surface area contributed by atoms with Gasteiger partial charge in [0.25, 0.3) is 0 Å². The minimum Gasteiger partial charge on any atom is -0.498 e. The van der Waals surface area contributed by atoms with Crippen LogP contribution in [0.5, 0.6) is 0 Å². The molecule has 2 aromatic rings. The first-order chi connectivity index (χ1) is 12.0. The average molecular weight is 340 g/mol. The topological polar surface area (TPSA) is 39.9 Å². The van der Waals surface area contributed by atoms with Crippen LogP contribution in [0.3, 0.4) is 0 Å². The molecule has 0 aromatic heterocycles. The summed E-state index contributed by atoms with van der Waals surface area (Å²) in [6.45, 7) is 1.39. The second-order valence-electron chi connectivity index (χ2n) is 6.60. The third-order valence-electron chi connectivity index (χ3n) is 4.63. The van der Waals surface area contributed by atoms with E-state index in [1.165, 1.54) is 12.1 Å². The zero-order chi connectivity index (χ0) is 17.9. The molecule has 0 spiro atoms. The molecule has 0 aliphatic carbocycles. The first-order valence-corrected chi connectivity index (χ1v) is 8.32. The Balaban J connectivity index is 2.01. The minimum atomic E-state index is -0.591. The van der Waals surface area contributed by atoms with Crippen LogP contribution in [0.25, 0.3) is 5.01 Å². The summed E-state index contributed by atoms with van der Waals surface area (Å²) in [5.74, 6) is -0.262. The number of hydrogen-bond acceptors (Lipinski definition) is 3. The summed E-state index contributed by atoms with van der Waals surface area (Å²) in [6.07, 6.45) is 1.74. The van der Waals surface area contributed by atoms with Crippen LogP contribution >= 0.6 is 0 Å². The Labute approximate surface area is 147 Å². The molecule has 25 heavy (non-hydrogen) atoms. The lowest BCUT2D eigenvalue weighted by molar-refractivity contribution is -0.0140. The van der Waals surface area contributed by atoms with Gasteiger partial charge in [0.1, 0.15) is 17.0 Å². The molecule has 1 aliphatic heterocycles. The van der Waals surface area contributed by atoms with E-state index >= 15 is 0 Å². The van der Waals surface area contributed by atoms with Gasteiger partial charge in [0.2, 0.25) is 0 Å². The molecule has 0 amide bonds. The summed E-state index contributed by atoms with van der Waals surface area (Å²) in [4.78, 5) is 2.14. The lowest BCUT2D eigenvalue weighted by Crippen LogP contribution is -2.28. The molecule has 0 fully saturated rings. The standard InChI is InChI=1S/C20H21FN2O2/c1-23(2)11-3-10-20(17-5-7-18(21)8-6-17)19-9-4-15(13-22-24)12-16(19)14-25-20/h4-9,12H,3,10-11,14H2,1-2H3/t20-/m0/s1. The normalized spacial score (nSPS) is 18.7. The molecule has 0 radical (unpaired) electrons. The fourth-order valence-electron chi connectivity index (χ4n) is 3.46. The summed E-state index contributed by atoms with van der Waals surface area (Å²) < 4.78 is 19.7. The number of benzene rings is 2. The number of rotatable bonds is 5. The van der Waals surface area contributed by atoms with Crippen molar-refractivity contribution in [1.82, 2.24) is 4.90 Å². The first kappa shape index (κ1) is 17.4. The highest BCUT2D eigenvalue weighted by atomic mass is 19.1. The molecule has 0 unspecified atom stereocenters. The van der Waals surface area contributed by atoms with Crippen molar-refractivity contribution in [1.29, 1.82) is 0 Å². The average Bonchev–Trinajstić information content (AvgIpc) is 2.95. The third-order valence-corrected chi connectivity index (χ3v) is 4.63. The van der Waals surface area contributed by atoms with E-state index in [1.54, 1.807) is 12.1 Å². The third kappa shape index (κ3) is 3.51. The van der Waals surface area contributed by atoms with Crippen LogP contribution in [0.1, 0.15) is 35.1 Å². The van der Waals surface area contributed by atoms with E-state index in [9.17, 15) is 9.60 Å². The molecule has 0 saturated carbocycles. The quantitative estimate of drug-likeness (QED) is 0.769. The highest BCUT2D eigenvalue weighted by Crippen LogP contribution is 2.45. The number of ether oxygens (including phenoxy) is 1. The predicted octanol–water partition coefficient (Wildman–Crippen LogP) is 4.12. The maximum atomic E-state index is 13.4. The molecule has 4 nitrogen and oxygen atoms in total. The monoisotopic (exact) mass is 340 g/mol. The number of halogens is 1. The summed E-state index contributed by atoms with van der Waals surface area (Å²) in [7, 11) is 4.08. The van der Waals surface area contributed by atoms with Crippen LogP contribution in [0, 0.1) is 17.1 Å². The predicted molar refractivity (Wildman–Crippen MR) is 95.9 cm³/mol. The van der Waals surface area contributed by atoms with E-state index in [1.807, 2.05) is 32.3 Å². The SMILES string of the molecule is CN(C)CCC[C@@]1(c2ccc(F)cc2)OCc2cc(C#[N+][O-])ccc21. The van der Waals surface area contributed by atoms with E-state index in [0.29, 0.717) is 12.2 Å². The van der Waals surface area contributed by atoms with Gasteiger partial charge < -0.3 is 14.8 Å². The van der Waals surface area contributed by atoms with Crippen molar-refractivity contribution in [2.45, 2.75) is 25.0 Å². The second kappa shape index (κ2) is 7.22. The van der Waals surface area contributed by atoms with E-state index in [2.05, 4.69) is 16.0 Å². The summed E-state index contributed by atoms with van der Waals surface area (Å²) in [5, 5.41) is 13.1. The largest absolute Gasteiger partial charge is 0.498 e. The Bertz CT molecular complexity index is 809. The maximum absolute atomic E-state index is 13.4. The first-order valence-electron chi connectivity index (χ1n) is 8.32. The molecule has 3 rings (SSSR count). The molecule has 1 heterocycles.